The Hall–Kier alpha value is -0.610. The van der Waals surface area contributed by atoms with E-state index in [1.807, 2.05) is 0 Å². The number of rotatable bonds is 2. The fourth-order valence-corrected chi connectivity index (χ4v) is 0.846. The second kappa shape index (κ2) is 3.53. The van der Waals surface area contributed by atoms with Gasteiger partial charge in [-0.05, 0) is 13.0 Å². The highest BCUT2D eigenvalue weighted by atomic mass is 17.2. The minimum absolute atomic E-state index is 0.0453. The van der Waals surface area contributed by atoms with Crippen molar-refractivity contribution in [3.63, 3.8) is 0 Å². The summed E-state index contributed by atoms with van der Waals surface area (Å²) in [7, 11) is 0. The van der Waals surface area contributed by atoms with Gasteiger partial charge in [-0.1, -0.05) is 0 Å². The molecule has 1 N–H and O–H groups in total. The van der Waals surface area contributed by atoms with Crippen LogP contribution in [0.15, 0.2) is 0 Å². The third kappa shape index (κ3) is 2.33. The topological polar surface area (TPSA) is 47.6 Å². The molecule has 0 spiro atoms. The van der Waals surface area contributed by atoms with Gasteiger partial charge in [-0.3, -0.25) is 4.89 Å². The molecule has 0 amide bonds. The lowest BCUT2D eigenvalue weighted by Crippen LogP contribution is -2.18. The van der Waals surface area contributed by atoms with E-state index in [-0.39, 0.29) is 6.10 Å². The number of carbonyl (C=O) groups excluding carboxylic acids is 1. The third-order valence-corrected chi connectivity index (χ3v) is 1.32. The Morgan fingerprint density at radius 2 is 2.50 bits per heavy atom. The third-order valence-electron chi connectivity index (χ3n) is 1.32. The van der Waals surface area contributed by atoms with E-state index >= 15 is 0 Å². The van der Waals surface area contributed by atoms with E-state index < -0.39 is 5.97 Å². The minimum atomic E-state index is -0.396. The van der Waals surface area contributed by atoms with Gasteiger partial charge in [0, 0.05) is 13.5 Å². The van der Waals surface area contributed by atoms with E-state index in [9.17, 15) is 4.79 Å². The van der Waals surface area contributed by atoms with Crippen molar-refractivity contribution < 1.29 is 14.6 Å². The van der Waals surface area contributed by atoms with E-state index in [0.29, 0.717) is 0 Å². The van der Waals surface area contributed by atoms with E-state index in [1.165, 1.54) is 6.92 Å². The van der Waals surface area contributed by atoms with Crippen LogP contribution in [0.4, 0.5) is 0 Å². The Morgan fingerprint density at radius 3 is 3.00 bits per heavy atom. The number of hydrogen-bond donors (Lipinski definition) is 1. The van der Waals surface area contributed by atoms with Crippen molar-refractivity contribution in [3.05, 3.63) is 0 Å². The Bertz CT molecular complexity index is 120. The molecular weight excluding hydrogens is 134 g/mol. The van der Waals surface area contributed by atoms with Crippen molar-refractivity contribution in [2.45, 2.75) is 19.4 Å². The molecule has 4 nitrogen and oxygen atoms in total. The molecule has 1 unspecified atom stereocenters. The van der Waals surface area contributed by atoms with Crippen molar-refractivity contribution in [3.8, 4) is 0 Å². The fourth-order valence-electron chi connectivity index (χ4n) is 0.846. The fraction of sp³-hybridized carbons (Fsp3) is 0.833. The smallest absolute Gasteiger partial charge is 0.314 e. The minimum Gasteiger partial charge on any atom is -0.314 e. The number of hydrogen-bond acceptors (Lipinski definition) is 4. The second-order valence-corrected chi connectivity index (χ2v) is 2.29. The molecule has 0 aromatic heterocycles. The van der Waals surface area contributed by atoms with Crippen LogP contribution in [0.2, 0.25) is 0 Å². The zero-order valence-electron chi connectivity index (χ0n) is 5.92. The summed E-state index contributed by atoms with van der Waals surface area (Å²) in [6.45, 7) is 3.03. The summed E-state index contributed by atoms with van der Waals surface area (Å²) < 4.78 is 0. The van der Waals surface area contributed by atoms with Crippen LogP contribution in [0.3, 0.4) is 0 Å². The summed E-state index contributed by atoms with van der Waals surface area (Å²) in [6.07, 6.45) is 0.955. The van der Waals surface area contributed by atoms with Crippen molar-refractivity contribution in [1.29, 1.82) is 0 Å². The van der Waals surface area contributed by atoms with Gasteiger partial charge in [-0.25, -0.2) is 4.79 Å². The van der Waals surface area contributed by atoms with Crippen LogP contribution in [-0.2, 0) is 14.6 Å². The lowest BCUT2D eigenvalue weighted by atomic mass is 10.3. The van der Waals surface area contributed by atoms with Gasteiger partial charge in [0.1, 0.15) is 6.10 Å². The largest absolute Gasteiger partial charge is 0.339 e. The van der Waals surface area contributed by atoms with Crippen LogP contribution in [0.1, 0.15) is 13.3 Å². The first-order valence-electron chi connectivity index (χ1n) is 3.33. The molecule has 1 fully saturated rings. The summed E-state index contributed by atoms with van der Waals surface area (Å²) in [4.78, 5) is 19.3. The lowest BCUT2D eigenvalue weighted by Gasteiger charge is -2.05. The molecule has 1 heterocycles. The highest BCUT2D eigenvalue weighted by Crippen LogP contribution is 2.02. The zero-order valence-corrected chi connectivity index (χ0v) is 5.92. The average Bonchev–Trinajstić information content (AvgIpc) is 2.34. The van der Waals surface area contributed by atoms with Crippen molar-refractivity contribution in [1.82, 2.24) is 5.32 Å². The van der Waals surface area contributed by atoms with Crippen LogP contribution < -0.4 is 5.32 Å². The molecule has 1 atom stereocenters. The van der Waals surface area contributed by atoms with Crippen molar-refractivity contribution >= 4 is 5.97 Å². The molecule has 0 aromatic carbocycles. The highest BCUT2D eigenvalue weighted by molar-refractivity contribution is 5.65. The van der Waals surface area contributed by atoms with Gasteiger partial charge in [0.05, 0.1) is 0 Å². The Balaban J connectivity index is 2.07. The highest BCUT2D eigenvalue weighted by Gasteiger charge is 2.16. The first-order valence-corrected chi connectivity index (χ1v) is 3.33. The predicted octanol–water partition coefficient (Wildman–Crippen LogP) is -0.157. The SMILES string of the molecule is CC(=O)OOC1CCNC1. The van der Waals surface area contributed by atoms with Gasteiger partial charge in [0.15, 0.2) is 0 Å². The monoisotopic (exact) mass is 145 g/mol. The van der Waals surface area contributed by atoms with Crippen molar-refractivity contribution in [2.75, 3.05) is 13.1 Å². The average molecular weight is 145 g/mol. The zero-order chi connectivity index (χ0) is 7.40. The molecule has 0 aliphatic carbocycles. The normalized spacial score (nSPS) is 24.7. The summed E-state index contributed by atoms with van der Waals surface area (Å²) >= 11 is 0. The maximum atomic E-state index is 10.2. The molecule has 0 saturated carbocycles. The molecule has 1 saturated heterocycles. The van der Waals surface area contributed by atoms with Crippen LogP contribution >= 0.6 is 0 Å². The van der Waals surface area contributed by atoms with Crippen LogP contribution in [0.5, 0.6) is 0 Å². The van der Waals surface area contributed by atoms with E-state index in [4.69, 9.17) is 4.89 Å². The molecule has 1 aliphatic heterocycles. The quantitative estimate of drug-likeness (QED) is 0.433. The maximum absolute atomic E-state index is 10.2. The Morgan fingerprint density at radius 1 is 1.70 bits per heavy atom. The molecule has 0 radical (unpaired) electrons. The molecule has 4 heteroatoms. The van der Waals surface area contributed by atoms with Crippen molar-refractivity contribution in [2.24, 2.45) is 0 Å². The first-order chi connectivity index (χ1) is 4.79. The van der Waals surface area contributed by atoms with Gasteiger partial charge in [0.25, 0.3) is 0 Å². The van der Waals surface area contributed by atoms with E-state index in [2.05, 4.69) is 10.2 Å². The van der Waals surface area contributed by atoms with Crippen LogP contribution in [-0.4, -0.2) is 25.2 Å². The van der Waals surface area contributed by atoms with Gasteiger partial charge >= 0.3 is 5.97 Å². The standard InChI is InChI=1S/C6H11NO3/c1-5(8)9-10-6-2-3-7-4-6/h6-7H,2-4H2,1H3. The number of carbonyl (C=O) groups is 1. The van der Waals surface area contributed by atoms with E-state index in [0.717, 1.165) is 19.5 Å². The Labute approximate surface area is 59.4 Å². The summed E-state index contributed by atoms with van der Waals surface area (Å²) in [5, 5.41) is 3.08. The predicted molar refractivity (Wildman–Crippen MR) is 34.1 cm³/mol. The Kier molecular flexibility index (Phi) is 2.65. The molecule has 1 aliphatic rings. The molecular formula is C6H11NO3. The van der Waals surface area contributed by atoms with Gasteiger partial charge in [0.2, 0.25) is 0 Å². The molecule has 1 rings (SSSR count). The van der Waals surface area contributed by atoms with Gasteiger partial charge in [-0.15, -0.1) is 0 Å². The van der Waals surface area contributed by atoms with Crippen LogP contribution in [0.25, 0.3) is 0 Å². The molecule has 0 bridgehead atoms. The molecule has 0 aromatic rings. The molecule has 58 valence electrons. The molecule has 10 heavy (non-hydrogen) atoms. The van der Waals surface area contributed by atoms with Gasteiger partial charge in [-0.2, -0.15) is 4.89 Å². The summed E-state index contributed by atoms with van der Waals surface area (Å²) in [5.74, 6) is -0.396. The first kappa shape index (κ1) is 7.50. The maximum Gasteiger partial charge on any atom is 0.339 e. The second-order valence-electron chi connectivity index (χ2n) is 2.29. The lowest BCUT2D eigenvalue weighted by molar-refractivity contribution is -0.292. The van der Waals surface area contributed by atoms with Gasteiger partial charge < -0.3 is 5.32 Å². The number of nitrogens with one attached hydrogen (secondary N) is 1. The van der Waals surface area contributed by atoms with E-state index in [1.54, 1.807) is 0 Å². The summed E-state index contributed by atoms with van der Waals surface area (Å²) in [6, 6.07) is 0. The van der Waals surface area contributed by atoms with Crippen LogP contribution in [0, 0.1) is 0 Å². The summed E-state index contributed by atoms with van der Waals surface area (Å²) in [5.41, 5.74) is 0.